The summed E-state index contributed by atoms with van der Waals surface area (Å²) in [6.07, 6.45) is 4.82. The van der Waals surface area contributed by atoms with E-state index in [9.17, 15) is 5.11 Å². The van der Waals surface area contributed by atoms with Gasteiger partial charge in [0.25, 0.3) is 0 Å². The molecule has 0 spiro atoms. The van der Waals surface area contributed by atoms with Crippen molar-refractivity contribution in [1.29, 1.82) is 0 Å². The van der Waals surface area contributed by atoms with Crippen LogP contribution in [0.5, 0.6) is 11.5 Å². The van der Waals surface area contributed by atoms with Gasteiger partial charge in [-0.2, -0.15) is 5.10 Å². The maximum atomic E-state index is 10.8. The van der Waals surface area contributed by atoms with Crippen molar-refractivity contribution in [3.8, 4) is 22.8 Å². The first-order valence-electron chi connectivity index (χ1n) is 10.3. The number of anilines is 1. The first kappa shape index (κ1) is 18.2. The van der Waals surface area contributed by atoms with Crippen molar-refractivity contribution < 1.29 is 9.84 Å². The molecule has 0 bridgehead atoms. The van der Waals surface area contributed by atoms with Crippen LogP contribution < -0.4 is 10.1 Å². The summed E-state index contributed by atoms with van der Waals surface area (Å²) in [5.74, 6) is 1.73. The standard InChI is InChI=1S/C21H26N6O2/c1-3-27-9-4-5-13(12-27)23-21-16-11-22-26(2)19(16)18(24-25-21)15-6-7-17-14(20(15)28)8-10-29-17/h6-7,11,13,28H,3-5,8-10,12H2,1-2H3,(H,23,25)/t13-/m1/s1. The number of phenolic OH excluding ortho intramolecular Hbond substituents is 1. The number of likely N-dealkylation sites (tertiary alicyclic amines) is 1. The topological polar surface area (TPSA) is 88.3 Å². The number of aromatic hydroxyl groups is 1. The molecule has 3 aromatic rings. The van der Waals surface area contributed by atoms with Crippen molar-refractivity contribution in [2.45, 2.75) is 32.2 Å². The Morgan fingerprint density at radius 3 is 3.07 bits per heavy atom. The highest BCUT2D eigenvalue weighted by atomic mass is 16.5. The molecule has 2 aromatic heterocycles. The van der Waals surface area contributed by atoms with Gasteiger partial charge in [0.1, 0.15) is 17.2 Å². The Bertz CT molecular complexity index is 1060. The maximum absolute atomic E-state index is 10.8. The molecule has 5 rings (SSSR count). The molecule has 29 heavy (non-hydrogen) atoms. The minimum absolute atomic E-state index is 0.225. The van der Waals surface area contributed by atoms with Crippen molar-refractivity contribution in [2.24, 2.45) is 7.05 Å². The number of aryl methyl sites for hydroxylation is 1. The molecule has 0 amide bonds. The summed E-state index contributed by atoms with van der Waals surface area (Å²) in [6, 6.07) is 4.09. The molecule has 0 aliphatic carbocycles. The Balaban J connectivity index is 1.55. The van der Waals surface area contributed by atoms with Gasteiger partial charge in [0, 0.05) is 37.2 Å². The van der Waals surface area contributed by atoms with Crippen LogP contribution in [0.4, 0.5) is 5.82 Å². The van der Waals surface area contributed by atoms with Crippen LogP contribution in [0.2, 0.25) is 0 Å². The van der Waals surface area contributed by atoms with Crippen LogP contribution in [0.3, 0.4) is 0 Å². The van der Waals surface area contributed by atoms with Gasteiger partial charge in [-0.3, -0.25) is 4.68 Å². The zero-order chi connectivity index (χ0) is 20.0. The van der Waals surface area contributed by atoms with Gasteiger partial charge < -0.3 is 20.1 Å². The molecular formula is C21H26N6O2. The van der Waals surface area contributed by atoms with Crippen molar-refractivity contribution in [3.05, 3.63) is 23.9 Å². The average molecular weight is 394 g/mol. The zero-order valence-electron chi connectivity index (χ0n) is 16.9. The van der Waals surface area contributed by atoms with Crippen LogP contribution in [0, 0.1) is 0 Å². The fourth-order valence-corrected chi connectivity index (χ4v) is 4.48. The third-order valence-corrected chi connectivity index (χ3v) is 6.07. The summed E-state index contributed by atoms with van der Waals surface area (Å²) in [7, 11) is 1.89. The summed E-state index contributed by atoms with van der Waals surface area (Å²) in [6.45, 7) is 6.02. The van der Waals surface area contributed by atoms with E-state index in [4.69, 9.17) is 4.74 Å². The number of hydrogen-bond donors (Lipinski definition) is 2. The highest BCUT2D eigenvalue weighted by Crippen LogP contribution is 2.42. The van der Waals surface area contributed by atoms with Crippen molar-refractivity contribution in [2.75, 3.05) is 31.6 Å². The molecule has 8 nitrogen and oxygen atoms in total. The average Bonchev–Trinajstić information content (AvgIpc) is 3.37. The molecule has 152 valence electrons. The Labute approximate surface area is 169 Å². The van der Waals surface area contributed by atoms with E-state index in [1.54, 1.807) is 4.68 Å². The van der Waals surface area contributed by atoms with Gasteiger partial charge >= 0.3 is 0 Å². The van der Waals surface area contributed by atoms with Crippen LogP contribution in [0.1, 0.15) is 25.3 Å². The molecule has 2 aliphatic heterocycles. The largest absolute Gasteiger partial charge is 0.507 e. The molecule has 1 atom stereocenters. The minimum Gasteiger partial charge on any atom is -0.507 e. The molecule has 1 fully saturated rings. The minimum atomic E-state index is 0.225. The fourth-order valence-electron chi connectivity index (χ4n) is 4.48. The van der Waals surface area contributed by atoms with E-state index in [0.29, 0.717) is 30.3 Å². The van der Waals surface area contributed by atoms with E-state index in [1.165, 1.54) is 6.42 Å². The number of rotatable bonds is 4. The van der Waals surface area contributed by atoms with E-state index in [-0.39, 0.29) is 5.75 Å². The lowest BCUT2D eigenvalue weighted by Gasteiger charge is -2.32. The smallest absolute Gasteiger partial charge is 0.160 e. The van der Waals surface area contributed by atoms with Gasteiger partial charge in [0.15, 0.2) is 5.82 Å². The molecule has 2 N–H and O–H groups in total. The SMILES string of the molecule is CCN1CCC[C@@H](Nc2nnc(-c3ccc4c(c3O)CCO4)c3c2cnn3C)C1. The fraction of sp³-hybridized carbons (Fsp3) is 0.476. The third kappa shape index (κ3) is 3.07. The summed E-state index contributed by atoms with van der Waals surface area (Å²) in [5, 5.41) is 28.8. The van der Waals surface area contributed by atoms with Crippen molar-refractivity contribution in [3.63, 3.8) is 0 Å². The first-order valence-corrected chi connectivity index (χ1v) is 10.3. The number of piperidine rings is 1. The van der Waals surface area contributed by atoms with Crippen molar-refractivity contribution in [1.82, 2.24) is 24.9 Å². The van der Waals surface area contributed by atoms with Crippen molar-refractivity contribution >= 4 is 16.7 Å². The number of benzene rings is 1. The summed E-state index contributed by atoms with van der Waals surface area (Å²) >= 11 is 0. The molecule has 4 heterocycles. The van der Waals surface area contributed by atoms with Gasteiger partial charge in [-0.25, -0.2) is 0 Å². The predicted octanol–water partition coefficient (Wildman–Crippen LogP) is 2.57. The molecule has 0 unspecified atom stereocenters. The van der Waals surface area contributed by atoms with Crippen LogP contribution >= 0.6 is 0 Å². The lowest BCUT2D eigenvalue weighted by molar-refractivity contribution is 0.226. The van der Waals surface area contributed by atoms with Gasteiger partial charge in [-0.05, 0) is 38.1 Å². The quantitative estimate of drug-likeness (QED) is 0.703. The molecular weight excluding hydrogens is 368 g/mol. The second-order valence-electron chi connectivity index (χ2n) is 7.84. The van der Waals surface area contributed by atoms with E-state index in [1.807, 2.05) is 25.4 Å². The number of likely N-dealkylation sites (N-methyl/N-ethyl adjacent to an activating group) is 1. The monoisotopic (exact) mass is 394 g/mol. The lowest BCUT2D eigenvalue weighted by Crippen LogP contribution is -2.42. The number of hydrogen-bond acceptors (Lipinski definition) is 7. The van der Waals surface area contributed by atoms with Gasteiger partial charge in [0.05, 0.1) is 23.7 Å². The second-order valence-corrected chi connectivity index (χ2v) is 7.84. The molecule has 0 radical (unpaired) electrons. The van der Waals surface area contributed by atoms with Crippen LogP contribution in [-0.4, -0.2) is 62.3 Å². The Kier molecular flexibility index (Phi) is 4.50. The second kappa shape index (κ2) is 7.18. The van der Waals surface area contributed by atoms with E-state index < -0.39 is 0 Å². The Morgan fingerprint density at radius 2 is 2.21 bits per heavy atom. The Morgan fingerprint density at radius 1 is 1.31 bits per heavy atom. The zero-order valence-corrected chi connectivity index (χ0v) is 16.9. The summed E-state index contributed by atoms with van der Waals surface area (Å²) < 4.78 is 7.36. The van der Waals surface area contributed by atoms with Crippen LogP contribution in [0.25, 0.3) is 22.2 Å². The number of nitrogens with zero attached hydrogens (tertiary/aromatic N) is 5. The molecule has 1 saturated heterocycles. The van der Waals surface area contributed by atoms with Gasteiger partial charge in [0.2, 0.25) is 0 Å². The van der Waals surface area contributed by atoms with Crippen LogP contribution in [0.15, 0.2) is 18.3 Å². The molecule has 1 aromatic carbocycles. The lowest BCUT2D eigenvalue weighted by atomic mass is 10.0. The predicted molar refractivity (Wildman–Crippen MR) is 111 cm³/mol. The highest BCUT2D eigenvalue weighted by molar-refractivity contribution is 5.98. The normalized spacial score (nSPS) is 19.3. The molecule has 0 saturated carbocycles. The van der Waals surface area contributed by atoms with Gasteiger partial charge in [-0.1, -0.05) is 6.92 Å². The number of fused-ring (bicyclic) bond motifs is 2. The van der Waals surface area contributed by atoms with Crippen LogP contribution in [-0.2, 0) is 13.5 Å². The third-order valence-electron chi connectivity index (χ3n) is 6.07. The molecule has 8 heteroatoms. The maximum Gasteiger partial charge on any atom is 0.160 e. The number of aromatic nitrogens is 4. The Hall–Kier alpha value is -2.87. The van der Waals surface area contributed by atoms with E-state index in [0.717, 1.165) is 54.1 Å². The highest BCUT2D eigenvalue weighted by Gasteiger charge is 2.25. The number of phenols is 1. The number of nitrogens with one attached hydrogen (secondary N) is 1. The summed E-state index contributed by atoms with van der Waals surface area (Å²) in [4.78, 5) is 2.45. The summed E-state index contributed by atoms with van der Waals surface area (Å²) in [5.41, 5.74) is 3.00. The number of ether oxygens (including phenoxy) is 1. The first-order chi connectivity index (χ1) is 14.2. The van der Waals surface area contributed by atoms with E-state index in [2.05, 4.69) is 32.4 Å². The van der Waals surface area contributed by atoms with Gasteiger partial charge in [-0.15, -0.1) is 10.2 Å². The van der Waals surface area contributed by atoms with E-state index >= 15 is 0 Å². The molecule has 2 aliphatic rings.